The fourth-order valence-electron chi connectivity index (χ4n) is 3.54. The molecule has 5 heteroatoms. The topological polar surface area (TPSA) is 32.3 Å². The van der Waals surface area contributed by atoms with Crippen molar-refractivity contribution in [3.63, 3.8) is 0 Å². The molecule has 4 nitrogen and oxygen atoms in total. The highest BCUT2D eigenvalue weighted by Crippen LogP contribution is 2.39. The average Bonchev–Trinajstić information content (AvgIpc) is 3.41. The standard InChI is InChI=1S/C16H24N4S/c1-2-13(1)15-11-16(18-12-17-15)20-5-3-14(4-6-20)19-7-9-21-10-8-19/h11-14H,1-10H2. The molecule has 2 saturated heterocycles. The van der Waals surface area contributed by atoms with Gasteiger partial charge in [-0.1, -0.05) is 0 Å². The molecule has 1 aliphatic carbocycles. The molecule has 2 aliphatic heterocycles. The van der Waals surface area contributed by atoms with E-state index < -0.39 is 0 Å². The Morgan fingerprint density at radius 2 is 1.71 bits per heavy atom. The molecule has 0 amide bonds. The van der Waals surface area contributed by atoms with Crippen molar-refractivity contribution in [2.75, 3.05) is 42.6 Å². The molecular formula is C16H24N4S. The van der Waals surface area contributed by atoms with E-state index in [9.17, 15) is 0 Å². The molecule has 1 aromatic heterocycles. The Hall–Kier alpha value is -0.810. The zero-order valence-corrected chi connectivity index (χ0v) is 13.4. The van der Waals surface area contributed by atoms with Gasteiger partial charge in [0, 0.05) is 61.4 Å². The summed E-state index contributed by atoms with van der Waals surface area (Å²) < 4.78 is 0. The van der Waals surface area contributed by atoms with E-state index in [4.69, 9.17) is 0 Å². The van der Waals surface area contributed by atoms with E-state index in [0.29, 0.717) is 0 Å². The molecule has 0 N–H and O–H groups in total. The van der Waals surface area contributed by atoms with Crippen LogP contribution in [-0.2, 0) is 0 Å². The van der Waals surface area contributed by atoms with Crippen molar-refractivity contribution in [3.05, 3.63) is 18.1 Å². The molecule has 3 aliphatic rings. The van der Waals surface area contributed by atoms with Gasteiger partial charge in [-0.3, -0.25) is 4.90 Å². The van der Waals surface area contributed by atoms with Crippen molar-refractivity contribution in [2.24, 2.45) is 0 Å². The summed E-state index contributed by atoms with van der Waals surface area (Å²) in [5.41, 5.74) is 1.26. The van der Waals surface area contributed by atoms with Crippen LogP contribution in [0.1, 0.15) is 37.3 Å². The number of anilines is 1. The van der Waals surface area contributed by atoms with Crippen LogP contribution >= 0.6 is 11.8 Å². The third-order valence-corrected chi connectivity index (χ3v) is 5.96. The number of piperidine rings is 1. The van der Waals surface area contributed by atoms with Crippen LogP contribution in [0.5, 0.6) is 0 Å². The van der Waals surface area contributed by atoms with Crippen molar-refractivity contribution < 1.29 is 0 Å². The van der Waals surface area contributed by atoms with Gasteiger partial charge in [0.15, 0.2) is 0 Å². The Balaban J connectivity index is 1.37. The molecular weight excluding hydrogens is 280 g/mol. The SMILES string of the molecule is c1nc(C2CC2)cc(N2CCC(N3CCSCC3)CC2)n1. The van der Waals surface area contributed by atoms with Gasteiger partial charge in [-0.2, -0.15) is 11.8 Å². The molecule has 0 aromatic carbocycles. The van der Waals surface area contributed by atoms with Gasteiger partial charge in [0.25, 0.3) is 0 Å². The third-order valence-electron chi connectivity index (χ3n) is 5.02. The number of rotatable bonds is 3. The minimum absolute atomic E-state index is 0.718. The lowest BCUT2D eigenvalue weighted by Gasteiger charge is -2.40. The van der Waals surface area contributed by atoms with Crippen LogP contribution in [0.2, 0.25) is 0 Å². The van der Waals surface area contributed by atoms with Gasteiger partial charge in [-0.05, 0) is 25.7 Å². The summed E-state index contributed by atoms with van der Waals surface area (Å²) in [6.45, 7) is 4.87. The first-order valence-corrected chi connectivity index (χ1v) is 9.44. The molecule has 0 unspecified atom stereocenters. The molecule has 0 bridgehead atoms. The first-order chi connectivity index (χ1) is 10.4. The lowest BCUT2D eigenvalue weighted by Crippen LogP contribution is -2.48. The number of thioether (sulfide) groups is 1. The average molecular weight is 304 g/mol. The fraction of sp³-hybridized carbons (Fsp3) is 0.750. The summed E-state index contributed by atoms with van der Waals surface area (Å²) in [5.74, 6) is 4.50. The Bertz CT molecular complexity index is 477. The minimum atomic E-state index is 0.718. The van der Waals surface area contributed by atoms with Gasteiger partial charge in [0.2, 0.25) is 0 Å². The summed E-state index contributed by atoms with van der Waals surface area (Å²) in [4.78, 5) is 14.1. The van der Waals surface area contributed by atoms with Gasteiger partial charge < -0.3 is 4.90 Å². The van der Waals surface area contributed by atoms with Gasteiger partial charge in [0.05, 0.1) is 0 Å². The predicted octanol–water partition coefficient (Wildman–Crippen LogP) is 2.37. The van der Waals surface area contributed by atoms with Gasteiger partial charge in [-0.25, -0.2) is 9.97 Å². The number of aromatic nitrogens is 2. The van der Waals surface area contributed by atoms with Crippen LogP contribution in [0.15, 0.2) is 12.4 Å². The Kier molecular flexibility index (Phi) is 4.03. The molecule has 21 heavy (non-hydrogen) atoms. The second-order valence-electron chi connectivity index (χ2n) is 6.44. The smallest absolute Gasteiger partial charge is 0.132 e. The predicted molar refractivity (Wildman–Crippen MR) is 88.1 cm³/mol. The van der Waals surface area contributed by atoms with Crippen molar-refractivity contribution in [1.29, 1.82) is 0 Å². The van der Waals surface area contributed by atoms with Crippen LogP contribution in [-0.4, -0.2) is 58.6 Å². The summed E-state index contributed by atoms with van der Waals surface area (Å²) in [6, 6.07) is 3.03. The molecule has 3 fully saturated rings. The van der Waals surface area contributed by atoms with Crippen molar-refractivity contribution in [3.8, 4) is 0 Å². The quantitative estimate of drug-likeness (QED) is 0.856. The van der Waals surface area contributed by atoms with Crippen LogP contribution in [0.4, 0.5) is 5.82 Å². The van der Waals surface area contributed by atoms with E-state index >= 15 is 0 Å². The minimum Gasteiger partial charge on any atom is -0.356 e. The summed E-state index contributed by atoms with van der Waals surface area (Å²) >= 11 is 2.10. The van der Waals surface area contributed by atoms with Crippen molar-refractivity contribution in [2.45, 2.75) is 37.6 Å². The lowest BCUT2D eigenvalue weighted by molar-refractivity contribution is 0.185. The molecule has 0 radical (unpaired) electrons. The second-order valence-corrected chi connectivity index (χ2v) is 7.67. The van der Waals surface area contributed by atoms with Gasteiger partial charge in [-0.15, -0.1) is 0 Å². The van der Waals surface area contributed by atoms with E-state index in [1.54, 1.807) is 6.33 Å². The normalized spacial score (nSPS) is 25.2. The molecule has 3 heterocycles. The first-order valence-electron chi connectivity index (χ1n) is 8.29. The molecule has 114 valence electrons. The largest absolute Gasteiger partial charge is 0.356 e. The van der Waals surface area contributed by atoms with E-state index in [-0.39, 0.29) is 0 Å². The molecule has 1 saturated carbocycles. The third kappa shape index (κ3) is 3.19. The maximum Gasteiger partial charge on any atom is 0.132 e. The monoisotopic (exact) mass is 304 g/mol. The van der Waals surface area contributed by atoms with E-state index in [1.807, 2.05) is 0 Å². The van der Waals surface area contributed by atoms with Crippen LogP contribution in [0.3, 0.4) is 0 Å². The number of hydrogen-bond acceptors (Lipinski definition) is 5. The maximum absolute atomic E-state index is 4.51. The molecule has 4 rings (SSSR count). The van der Waals surface area contributed by atoms with Crippen LogP contribution in [0, 0.1) is 0 Å². The second kappa shape index (κ2) is 6.13. The van der Waals surface area contributed by atoms with Crippen molar-refractivity contribution in [1.82, 2.24) is 14.9 Å². The summed E-state index contributed by atoms with van der Waals surface area (Å²) in [6.07, 6.45) is 6.95. The first kappa shape index (κ1) is 13.8. The van der Waals surface area contributed by atoms with Crippen LogP contribution < -0.4 is 4.90 Å². The summed E-state index contributed by atoms with van der Waals surface area (Å²) in [5, 5.41) is 0. The Labute approximate surface area is 131 Å². The van der Waals surface area contributed by atoms with E-state index in [2.05, 4.69) is 37.6 Å². The highest BCUT2D eigenvalue weighted by Gasteiger charge is 2.28. The fourth-order valence-corrected chi connectivity index (χ4v) is 4.47. The molecule has 0 atom stereocenters. The number of hydrogen-bond donors (Lipinski definition) is 0. The highest BCUT2D eigenvalue weighted by atomic mass is 32.2. The summed E-state index contributed by atoms with van der Waals surface area (Å²) in [7, 11) is 0. The van der Waals surface area contributed by atoms with E-state index in [1.165, 1.54) is 56.0 Å². The molecule has 0 spiro atoms. The zero-order valence-electron chi connectivity index (χ0n) is 12.6. The zero-order chi connectivity index (χ0) is 14.1. The van der Waals surface area contributed by atoms with E-state index in [0.717, 1.165) is 30.9 Å². The maximum atomic E-state index is 4.51. The van der Waals surface area contributed by atoms with Crippen molar-refractivity contribution >= 4 is 17.6 Å². The lowest BCUT2D eigenvalue weighted by atomic mass is 10.0. The number of nitrogens with zero attached hydrogens (tertiary/aromatic N) is 4. The molecule has 1 aromatic rings. The Morgan fingerprint density at radius 3 is 2.43 bits per heavy atom. The van der Waals surface area contributed by atoms with Gasteiger partial charge >= 0.3 is 0 Å². The van der Waals surface area contributed by atoms with Crippen LogP contribution in [0.25, 0.3) is 0 Å². The Morgan fingerprint density at radius 1 is 0.952 bits per heavy atom. The highest BCUT2D eigenvalue weighted by molar-refractivity contribution is 7.99. The van der Waals surface area contributed by atoms with Gasteiger partial charge in [0.1, 0.15) is 12.1 Å².